The molecule has 18 heavy (non-hydrogen) atoms. The molecule has 2 heterocycles. The average molecular weight is 256 g/mol. The molecule has 4 nitrogen and oxygen atoms in total. The maximum atomic E-state index is 5.66. The van der Waals surface area contributed by atoms with Gasteiger partial charge in [-0.05, 0) is 39.7 Å². The maximum Gasteiger partial charge on any atom is 0.0594 e. The molecule has 0 spiro atoms. The van der Waals surface area contributed by atoms with Crippen molar-refractivity contribution in [2.45, 2.75) is 38.3 Å². The number of nitrogens with one attached hydrogen (secondary N) is 1. The Morgan fingerprint density at radius 2 is 1.89 bits per heavy atom. The van der Waals surface area contributed by atoms with E-state index in [0.29, 0.717) is 12.0 Å². The summed E-state index contributed by atoms with van der Waals surface area (Å²) in [6, 6.07) is 0.482. The fraction of sp³-hybridized carbons (Fsp3) is 1.00. The van der Waals surface area contributed by atoms with E-state index in [9.17, 15) is 0 Å². The van der Waals surface area contributed by atoms with Gasteiger partial charge in [-0.25, -0.2) is 0 Å². The highest BCUT2D eigenvalue weighted by molar-refractivity contribution is 4.97. The normalized spacial score (nSPS) is 29.2. The third-order valence-corrected chi connectivity index (χ3v) is 4.57. The first-order chi connectivity index (χ1) is 8.66. The number of morpholine rings is 1. The van der Waals surface area contributed by atoms with Crippen LogP contribution >= 0.6 is 0 Å². The Hall–Kier alpha value is -0.160. The molecule has 2 fully saturated rings. The SMILES string of the molecule is CNC(C1CCCOC1)C(C)(C)N1CCOCC1. The summed E-state index contributed by atoms with van der Waals surface area (Å²) in [7, 11) is 2.08. The molecule has 106 valence electrons. The zero-order valence-electron chi connectivity index (χ0n) is 12.1. The number of nitrogens with zero attached hydrogens (tertiary/aromatic N) is 1. The van der Waals surface area contributed by atoms with Crippen LogP contribution in [0, 0.1) is 5.92 Å². The van der Waals surface area contributed by atoms with Crippen molar-refractivity contribution < 1.29 is 9.47 Å². The Morgan fingerprint density at radius 3 is 2.44 bits per heavy atom. The van der Waals surface area contributed by atoms with Crippen molar-refractivity contribution in [3.05, 3.63) is 0 Å². The van der Waals surface area contributed by atoms with Crippen LogP contribution < -0.4 is 5.32 Å². The quantitative estimate of drug-likeness (QED) is 0.817. The summed E-state index contributed by atoms with van der Waals surface area (Å²) >= 11 is 0. The minimum Gasteiger partial charge on any atom is -0.381 e. The second-order valence-corrected chi connectivity index (χ2v) is 6.00. The van der Waals surface area contributed by atoms with Crippen LogP contribution in [-0.4, -0.2) is 63.0 Å². The highest BCUT2D eigenvalue weighted by atomic mass is 16.5. The predicted molar refractivity (Wildman–Crippen MR) is 72.9 cm³/mol. The van der Waals surface area contributed by atoms with Crippen molar-refractivity contribution in [3.63, 3.8) is 0 Å². The third kappa shape index (κ3) is 3.05. The minimum atomic E-state index is 0.157. The molecule has 0 radical (unpaired) electrons. The number of hydrogen-bond acceptors (Lipinski definition) is 4. The molecule has 2 atom stereocenters. The lowest BCUT2D eigenvalue weighted by Gasteiger charge is -2.49. The molecule has 0 aromatic heterocycles. The first kappa shape index (κ1) is 14.3. The molecule has 0 aliphatic carbocycles. The Kier molecular flexibility index (Phi) is 5.01. The van der Waals surface area contributed by atoms with Gasteiger partial charge in [0.1, 0.15) is 0 Å². The van der Waals surface area contributed by atoms with Gasteiger partial charge in [0.2, 0.25) is 0 Å². The summed E-state index contributed by atoms with van der Waals surface area (Å²) in [5, 5.41) is 3.55. The molecule has 0 saturated carbocycles. The number of ether oxygens (including phenoxy) is 2. The lowest BCUT2D eigenvalue weighted by atomic mass is 9.80. The van der Waals surface area contributed by atoms with Crippen LogP contribution in [0.15, 0.2) is 0 Å². The van der Waals surface area contributed by atoms with Gasteiger partial charge in [0.25, 0.3) is 0 Å². The molecule has 2 aliphatic rings. The van der Waals surface area contributed by atoms with Crippen LogP contribution in [0.3, 0.4) is 0 Å². The largest absolute Gasteiger partial charge is 0.381 e. The first-order valence-electron chi connectivity index (χ1n) is 7.24. The summed E-state index contributed by atoms with van der Waals surface area (Å²) in [5.41, 5.74) is 0.157. The summed E-state index contributed by atoms with van der Waals surface area (Å²) < 4.78 is 11.1. The molecule has 4 heteroatoms. The Bertz CT molecular complexity index is 246. The summed E-state index contributed by atoms with van der Waals surface area (Å²) in [6.07, 6.45) is 2.47. The minimum absolute atomic E-state index is 0.157. The molecule has 2 saturated heterocycles. The van der Waals surface area contributed by atoms with Crippen LogP contribution in [0.2, 0.25) is 0 Å². The lowest BCUT2D eigenvalue weighted by molar-refractivity contribution is -0.0476. The van der Waals surface area contributed by atoms with Gasteiger partial charge in [0.15, 0.2) is 0 Å². The number of likely N-dealkylation sites (N-methyl/N-ethyl adjacent to an activating group) is 1. The van der Waals surface area contributed by atoms with Gasteiger partial charge in [-0.1, -0.05) is 0 Å². The topological polar surface area (TPSA) is 33.7 Å². The zero-order valence-corrected chi connectivity index (χ0v) is 12.1. The van der Waals surface area contributed by atoms with Crippen molar-refractivity contribution >= 4 is 0 Å². The van der Waals surface area contributed by atoms with Crippen molar-refractivity contribution in [1.29, 1.82) is 0 Å². The van der Waals surface area contributed by atoms with Gasteiger partial charge in [-0.2, -0.15) is 0 Å². The first-order valence-corrected chi connectivity index (χ1v) is 7.24. The Morgan fingerprint density at radius 1 is 1.17 bits per heavy atom. The van der Waals surface area contributed by atoms with Crippen LogP contribution in [0.25, 0.3) is 0 Å². The lowest BCUT2D eigenvalue weighted by Crippen LogP contribution is -2.63. The van der Waals surface area contributed by atoms with Gasteiger partial charge in [0.05, 0.1) is 19.8 Å². The Balaban J connectivity index is 2.03. The van der Waals surface area contributed by atoms with Crippen molar-refractivity contribution in [2.24, 2.45) is 5.92 Å². The van der Waals surface area contributed by atoms with Gasteiger partial charge in [-0.15, -0.1) is 0 Å². The third-order valence-electron chi connectivity index (χ3n) is 4.57. The van der Waals surface area contributed by atoms with Crippen molar-refractivity contribution in [1.82, 2.24) is 10.2 Å². The van der Waals surface area contributed by atoms with E-state index in [1.807, 2.05) is 0 Å². The molecule has 0 aromatic carbocycles. The van der Waals surface area contributed by atoms with E-state index >= 15 is 0 Å². The molecular formula is C14H28N2O2. The van der Waals surface area contributed by atoms with Gasteiger partial charge < -0.3 is 14.8 Å². The molecule has 1 N–H and O–H groups in total. The van der Waals surface area contributed by atoms with Gasteiger partial charge >= 0.3 is 0 Å². The second-order valence-electron chi connectivity index (χ2n) is 6.00. The van der Waals surface area contributed by atoms with E-state index < -0.39 is 0 Å². The smallest absolute Gasteiger partial charge is 0.0594 e. The molecule has 2 aliphatic heterocycles. The van der Waals surface area contributed by atoms with Crippen molar-refractivity contribution in [2.75, 3.05) is 46.6 Å². The zero-order chi connectivity index (χ0) is 13.0. The summed E-state index contributed by atoms with van der Waals surface area (Å²) in [6.45, 7) is 10.4. The van der Waals surface area contributed by atoms with Gasteiger partial charge in [0, 0.05) is 31.3 Å². The Labute approximate surface area is 111 Å². The van der Waals surface area contributed by atoms with Crippen LogP contribution in [0.4, 0.5) is 0 Å². The average Bonchev–Trinajstić information content (AvgIpc) is 2.41. The fourth-order valence-electron chi connectivity index (χ4n) is 3.53. The molecule has 0 amide bonds. The molecular weight excluding hydrogens is 228 g/mol. The predicted octanol–water partition coefficient (Wildman–Crippen LogP) is 1.11. The van der Waals surface area contributed by atoms with E-state index in [2.05, 4.69) is 31.1 Å². The van der Waals surface area contributed by atoms with E-state index in [4.69, 9.17) is 9.47 Å². The standard InChI is InChI=1S/C14H28N2O2/c1-14(2,16-6-9-17-10-7-16)13(15-3)12-5-4-8-18-11-12/h12-13,15H,4-11H2,1-3H3. The maximum absolute atomic E-state index is 5.66. The van der Waals surface area contributed by atoms with Gasteiger partial charge in [-0.3, -0.25) is 4.90 Å². The number of hydrogen-bond donors (Lipinski definition) is 1. The van der Waals surface area contributed by atoms with Crippen LogP contribution in [0.1, 0.15) is 26.7 Å². The summed E-state index contributed by atoms with van der Waals surface area (Å²) in [4.78, 5) is 2.56. The molecule has 2 unspecified atom stereocenters. The molecule has 0 bridgehead atoms. The van der Waals surface area contributed by atoms with E-state index in [1.165, 1.54) is 12.8 Å². The van der Waals surface area contributed by atoms with Crippen LogP contribution in [0.5, 0.6) is 0 Å². The highest BCUT2D eigenvalue weighted by Gasteiger charge is 2.40. The van der Waals surface area contributed by atoms with Crippen LogP contribution in [-0.2, 0) is 9.47 Å². The van der Waals surface area contributed by atoms with E-state index in [0.717, 1.165) is 39.5 Å². The van der Waals surface area contributed by atoms with E-state index in [1.54, 1.807) is 0 Å². The monoisotopic (exact) mass is 256 g/mol. The molecule has 2 rings (SSSR count). The fourth-order valence-corrected chi connectivity index (χ4v) is 3.53. The second kappa shape index (κ2) is 6.33. The summed E-state index contributed by atoms with van der Waals surface area (Å²) in [5.74, 6) is 0.626. The molecule has 0 aromatic rings. The van der Waals surface area contributed by atoms with Crippen molar-refractivity contribution in [3.8, 4) is 0 Å². The van der Waals surface area contributed by atoms with E-state index in [-0.39, 0.29) is 5.54 Å². The highest BCUT2D eigenvalue weighted by Crippen LogP contribution is 2.29. The number of rotatable bonds is 4.